The molecule has 102 valence electrons. The summed E-state index contributed by atoms with van der Waals surface area (Å²) < 4.78 is 0. The lowest BCUT2D eigenvalue weighted by molar-refractivity contribution is -0.142. The minimum Gasteiger partial charge on any atom is -0.508 e. The number of carbonyl (C=O) groups is 2. The molecule has 0 saturated carbocycles. The van der Waals surface area contributed by atoms with Gasteiger partial charge in [-0.2, -0.15) is 0 Å². The second-order valence-electron chi connectivity index (χ2n) is 4.26. The number of aliphatic carboxylic acids is 1. The van der Waals surface area contributed by atoms with Gasteiger partial charge in [-0.15, -0.1) is 0 Å². The molecule has 0 aromatic heterocycles. The Balaban J connectivity index is 2.31. The van der Waals surface area contributed by atoms with Crippen LogP contribution in [0, 0.1) is 0 Å². The van der Waals surface area contributed by atoms with Gasteiger partial charge in [0.25, 0.3) is 5.91 Å². The predicted molar refractivity (Wildman–Crippen MR) is 65.1 cm³/mol. The standard InChI is InChI=1S/C12H14N2O5/c15-7-1-2-10(16)8(5-7)11(17)14-4-3-13-6-9(14)12(18)19/h1-2,5,9,13,15-16H,3-4,6H2,(H,18,19). The van der Waals surface area contributed by atoms with E-state index in [0.717, 1.165) is 6.07 Å². The number of hydrogen-bond acceptors (Lipinski definition) is 5. The molecule has 0 spiro atoms. The summed E-state index contributed by atoms with van der Waals surface area (Å²) in [4.78, 5) is 24.5. The molecule has 19 heavy (non-hydrogen) atoms. The van der Waals surface area contributed by atoms with Crippen LogP contribution >= 0.6 is 0 Å². The van der Waals surface area contributed by atoms with Crippen molar-refractivity contribution in [2.45, 2.75) is 6.04 Å². The largest absolute Gasteiger partial charge is 0.508 e. The van der Waals surface area contributed by atoms with Crippen molar-refractivity contribution < 1.29 is 24.9 Å². The van der Waals surface area contributed by atoms with Crippen LogP contribution in [-0.4, -0.2) is 57.8 Å². The number of benzene rings is 1. The van der Waals surface area contributed by atoms with Crippen LogP contribution in [0.5, 0.6) is 11.5 Å². The van der Waals surface area contributed by atoms with Crippen LogP contribution in [0.25, 0.3) is 0 Å². The fourth-order valence-electron chi connectivity index (χ4n) is 2.02. The van der Waals surface area contributed by atoms with Crippen molar-refractivity contribution >= 4 is 11.9 Å². The minimum absolute atomic E-state index is 0.104. The molecule has 1 unspecified atom stereocenters. The highest BCUT2D eigenvalue weighted by atomic mass is 16.4. The summed E-state index contributed by atoms with van der Waals surface area (Å²) in [6, 6.07) is 2.58. The van der Waals surface area contributed by atoms with Gasteiger partial charge in [0.2, 0.25) is 0 Å². The SMILES string of the molecule is O=C(O)C1CNCCN1C(=O)c1cc(O)ccc1O. The second kappa shape index (κ2) is 5.15. The molecule has 4 N–H and O–H groups in total. The number of rotatable bonds is 2. The molecule has 7 nitrogen and oxygen atoms in total. The predicted octanol–water partition coefficient (Wildman–Crippen LogP) is -0.404. The average molecular weight is 266 g/mol. The zero-order chi connectivity index (χ0) is 14.0. The van der Waals surface area contributed by atoms with Gasteiger partial charge in [0.15, 0.2) is 0 Å². The lowest BCUT2D eigenvalue weighted by atomic mass is 10.1. The lowest BCUT2D eigenvalue weighted by Gasteiger charge is -2.33. The van der Waals surface area contributed by atoms with Crippen molar-refractivity contribution in [2.24, 2.45) is 0 Å². The minimum atomic E-state index is -1.11. The zero-order valence-corrected chi connectivity index (χ0v) is 10.0. The molecule has 0 radical (unpaired) electrons. The van der Waals surface area contributed by atoms with Crippen LogP contribution in [0.1, 0.15) is 10.4 Å². The van der Waals surface area contributed by atoms with Gasteiger partial charge >= 0.3 is 5.97 Å². The maximum Gasteiger partial charge on any atom is 0.327 e. The van der Waals surface area contributed by atoms with Crippen molar-refractivity contribution in [1.29, 1.82) is 0 Å². The van der Waals surface area contributed by atoms with E-state index in [1.54, 1.807) is 0 Å². The number of phenolic OH excluding ortho intramolecular Hbond substituents is 2. The molecule has 1 fully saturated rings. The molecule has 7 heteroatoms. The normalized spacial score (nSPS) is 19.2. The van der Waals surface area contributed by atoms with E-state index in [2.05, 4.69) is 5.32 Å². The number of carbonyl (C=O) groups excluding carboxylic acids is 1. The zero-order valence-electron chi connectivity index (χ0n) is 10.0. The number of carboxylic acid groups (broad SMARTS) is 1. The monoisotopic (exact) mass is 266 g/mol. The number of phenols is 2. The quantitative estimate of drug-likeness (QED) is 0.542. The Morgan fingerprint density at radius 3 is 2.74 bits per heavy atom. The van der Waals surface area contributed by atoms with Crippen LogP contribution in [0.4, 0.5) is 0 Å². The molecule has 2 rings (SSSR count). The van der Waals surface area contributed by atoms with Gasteiger partial charge in [0.1, 0.15) is 17.5 Å². The smallest absolute Gasteiger partial charge is 0.327 e. The Hall–Kier alpha value is -2.28. The first-order chi connectivity index (χ1) is 9.00. The highest BCUT2D eigenvalue weighted by Gasteiger charge is 2.33. The molecule has 0 aliphatic carbocycles. The first-order valence-corrected chi connectivity index (χ1v) is 5.77. The fraction of sp³-hybridized carbons (Fsp3) is 0.333. The molecule has 1 aromatic carbocycles. The van der Waals surface area contributed by atoms with Crippen LogP contribution in [-0.2, 0) is 4.79 Å². The number of carboxylic acids is 1. The van der Waals surface area contributed by atoms with Crippen LogP contribution < -0.4 is 5.32 Å². The highest BCUT2D eigenvalue weighted by Crippen LogP contribution is 2.24. The van der Waals surface area contributed by atoms with E-state index >= 15 is 0 Å². The lowest BCUT2D eigenvalue weighted by Crippen LogP contribution is -2.56. The second-order valence-corrected chi connectivity index (χ2v) is 4.26. The molecule has 1 atom stereocenters. The van der Waals surface area contributed by atoms with Gasteiger partial charge in [0.05, 0.1) is 5.56 Å². The van der Waals surface area contributed by atoms with E-state index in [0.29, 0.717) is 6.54 Å². The molecular weight excluding hydrogens is 252 g/mol. The summed E-state index contributed by atoms with van der Waals surface area (Å²) in [7, 11) is 0. The summed E-state index contributed by atoms with van der Waals surface area (Å²) in [5.74, 6) is -2.17. The van der Waals surface area contributed by atoms with Crippen molar-refractivity contribution in [3.05, 3.63) is 23.8 Å². The Bertz CT molecular complexity index is 517. The van der Waals surface area contributed by atoms with Gasteiger partial charge in [-0.05, 0) is 18.2 Å². The van der Waals surface area contributed by atoms with Crippen LogP contribution in [0.2, 0.25) is 0 Å². The Morgan fingerprint density at radius 2 is 2.05 bits per heavy atom. The van der Waals surface area contributed by atoms with E-state index in [9.17, 15) is 19.8 Å². The fourth-order valence-corrected chi connectivity index (χ4v) is 2.02. The molecule has 1 aliphatic rings. The van der Waals surface area contributed by atoms with E-state index in [1.807, 2.05) is 0 Å². The van der Waals surface area contributed by atoms with E-state index in [1.165, 1.54) is 17.0 Å². The Kier molecular flexibility index (Phi) is 3.57. The molecule has 0 bridgehead atoms. The van der Waals surface area contributed by atoms with Crippen molar-refractivity contribution in [1.82, 2.24) is 10.2 Å². The van der Waals surface area contributed by atoms with Crippen molar-refractivity contribution in [3.8, 4) is 11.5 Å². The van der Waals surface area contributed by atoms with Gasteiger partial charge in [-0.25, -0.2) is 4.79 Å². The molecular formula is C12H14N2O5. The number of aromatic hydroxyl groups is 2. The van der Waals surface area contributed by atoms with E-state index in [-0.39, 0.29) is 30.2 Å². The van der Waals surface area contributed by atoms with Crippen LogP contribution in [0.3, 0.4) is 0 Å². The summed E-state index contributed by atoms with van der Waals surface area (Å²) in [6.45, 7) is 0.862. The molecule has 1 aliphatic heterocycles. The average Bonchev–Trinajstić information content (AvgIpc) is 2.40. The number of piperazine rings is 1. The van der Waals surface area contributed by atoms with Crippen molar-refractivity contribution in [2.75, 3.05) is 19.6 Å². The molecule has 1 amide bonds. The van der Waals surface area contributed by atoms with Gasteiger partial charge in [-0.1, -0.05) is 0 Å². The topological polar surface area (TPSA) is 110 Å². The Morgan fingerprint density at radius 1 is 1.32 bits per heavy atom. The summed E-state index contributed by atoms with van der Waals surface area (Å²) in [6.07, 6.45) is 0. The summed E-state index contributed by atoms with van der Waals surface area (Å²) >= 11 is 0. The number of nitrogens with zero attached hydrogens (tertiary/aromatic N) is 1. The van der Waals surface area contributed by atoms with Crippen LogP contribution in [0.15, 0.2) is 18.2 Å². The van der Waals surface area contributed by atoms with E-state index in [4.69, 9.17) is 5.11 Å². The third-order valence-electron chi connectivity index (χ3n) is 3.00. The Labute approximate surface area is 109 Å². The maximum atomic E-state index is 12.3. The first-order valence-electron chi connectivity index (χ1n) is 5.77. The van der Waals surface area contributed by atoms with Gasteiger partial charge < -0.3 is 25.5 Å². The maximum absolute atomic E-state index is 12.3. The molecule has 1 saturated heterocycles. The first kappa shape index (κ1) is 13.2. The summed E-state index contributed by atoms with van der Waals surface area (Å²) in [5.41, 5.74) is -0.104. The highest BCUT2D eigenvalue weighted by molar-refractivity contribution is 5.99. The molecule has 1 aromatic rings. The van der Waals surface area contributed by atoms with Crippen molar-refractivity contribution in [3.63, 3.8) is 0 Å². The van der Waals surface area contributed by atoms with E-state index < -0.39 is 17.9 Å². The van der Waals surface area contributed by atoms with Gasteiger partial charge in [0, 0.05) is 19.6 Å². The third-order valence-corrected chi connectivity index (χ3v) is 3.00. The number of amides is 1. The number of nitrogens with one attached hydrogen (secondary N) is 1. The van der Waals surface area contributed by atoms with Gasteiger partial charge in [-0.3, -0.25) is 4.79 Å². The third kappa shape index (κ3) is 2.60. The molecule has 1 heterocycles. The summed E-state index contributed by atoms with van der Waals surface area (Å²) in [5, 5.41) is 31.0. The number of hydrogen-bond donors (Lipinski definition) is 4.